The van der Waals surface area contributed by atoms with Crippen LogP contribution in [0.2, 0.25) is 0 Å². The first kappa shape index (κ1) is 26.9. The quantitative estimate of drug-likeness (QED) is 0.333. The Balaban J connectivity index is 1.52. The zero-order valence-electron chi connectivity index (χ0n) is 21.5. The van der Waals surface area contributed by atoms with Gasteiger partial charge in [0.15, 0.2) is 0 Å². The smallest absolute Gasteiger partial charge is 0.143 e. The van der Waals surface area contributed by atoms with Crippen molar-refractivity contribution in [1.82, 2.24) is 14.8 Å². The summed E-state index contributed by atoms with van der Waals surface area (Å²) >= 11 is 0. The number of aliphatic hydroxyl groups is 1. The average Bonchev–Trinajstić information content (AvgIpc) is 3.18. The maximum Gasteiger partial charge on any atom is 0.143 e. The molecule has 206 valence electrons. The Hall–Kier alpha value is -2.69. The van der Waals surface area contributed by atoms with Crippen molar-refractivity contribution >= 4 is 16.6 Å². The largest absolute Gasteiger partial charge is 0.393 e. The molecule has 38 heavy (non-hydrogen) atoms. The molecular formula is C28H33F5N4O. The van der Waals surface area contributed by atoms with Crippen LogP contribution < -0.4 is 5.32 Å². The lowest BCUT2D eigenvalue weighted by Crippen LogP contribution is -2.54. The van der Waals surface area contributed by atoms with E-state index in [1.807, 2.05) is 6.92 Å². The number of aromatic amines is 1. The molecule has 3 heterocycles. The number of nitrogens with zero attached hydrogens (tertiary/aromatic N) is 2. The summed E-state index contributed by atoms with van der Waals surface area (Å²) in [4.78, 5) is 6.94. The van der Waals surface area contributed by atoms with Crippen molar-refractivity contribution in [1.29, 1.82) is 0 Å². The van der Waals surface area contributed by atoms with Gasteiger partial charge in [-0.3, -0.25) is 14.2 Å². The average molecular weight is 537 g/mol. The maximum absolute atomic E-state index is 15.8. The minimum Gasteiger partial charge on any atom is -0.393 e. The molecule has 10 heteroatoms. The molecular weight excluding hydrogens is 503 g/mol. The number of likely N-dealkylation sites (tertiary alicyclic amines) is 1. The fourth-order valence-corrected chi connectivity index (χ4v) is 5.81. The van der Waals surface area contributed by atoms with Crippen molar-refractivity contribution in [2.45, 2.75) is 50.5 Å². The number of aromatic nitrogens is 1. The Morgan fingerprint density at radius 1 is 1.13 bits per heavy atom. The number of hydrogen-bond acceptors (Lipinski definition) is 4. The van der Waals surface area contributed by atoms with Gasteiger partial charge in [-0.1, -0.05) is 0 Å². The van der Waals surface area contributed by atoms with Gasteiger partial charge in [-0.25, -0.2) is 17.6 Å². The number of hydrogen-bond donors (Lipinski definition) is 3. The predicted molar refractivity (Wildman–Crippen MR) is 137 cm³/mol. The summed E-state index contributed by atoms with van der Waals surface area (Å²) in [6.07, 6.45) is 0.873. The molecule has 2 aliphatic rings. The van der Waals surface area contributed by atoms with Gasteiger partial charge in [0.25, 0.3) is 0 Å². The summed E-state index contributed by atoms with van der Waals surface area (Å²) in [6.45, 7) is 3.66. The molecule has 2 aromatic carbocycles. The molecule has 5 rings (SSSR count). The SMILES string of the molecule is C[C@@H]1Cc2c([nH]c3ccc(F)cc23)[C@@H](c2c(F)cc(NC3CN(CCCF)C3)cc2F)N1C[C@@](C)(F)CO. The summed E-state index contributed by atoms with van der Waals surface area (Å²) in [5.74, 6) is -1.99. The second-order valence-corrected chi connectivity index (χ2v) is 10.9. The normalized spacial score (nSPS) is 22.3. The Morgan fingerprint density at radius 2 is 1.84 bits per heavy atom. The Morgan fingerprint density at radius 3 is 2.50 bits per heavy atom. The first-order valence-corrected chi connectivity index (χ1v) is 13.0. The van der Waals surface area contributed by atoms with E-state index in [0.717, 1.165) is 5.56 Å². The number of benzene rings is 2. The van der Waals surface area contributed by atoms with Crippen molar-refractivity contribution < 1.29 is 27.1 Å². The van der Waals surface area contributed by atoms with Crippen LogP contribution in [0.1, 0.15) is 43.1 Å². The van der Waals surface area contributed by atoms with Gasteiger partial charge in [0.05, 0.1) is 25.4 Å². The van der Waals surface area contributed by atoms with E-state index in [2.05, 4.69) is 15.2 Å². The summed E-state index contributed by atoms with van der Waals surface area (Å²) < 4.78 is 73.1. The molecule has 0 aliphatic carbocycles. The van der Waals surface area contributed by atoms with Crippen LogP contribution in [0.25, 0.3) is 10.9 Å². The van der Waals surface area contributed by atoms with Gasteiger partial charge in [-0.2, -0.15) is 0 Å². The third-order valence-electron chi connectivity index (χ3n) is 7.70. The first-order chi connectivity index (χ1) is 18.1. The molecule has 5 nitrogen and oxygen atoms in total. The molecule has 0 radical (unpaired) electrons. The highest BCUT2D eigenvalue weighted by atomic mass is 19.2. The number of alkyl halides is 2. The summed E-state index contributed by atoms with van der Waals surface area (Å²) in [7, 11) is 0. The number of halogens is 5. The second kappa shape index (κ2) is 10.5. The zero-order valence-corrected chi connectivity index (χ0v) is 21.5. The molecule has 0 unspecified atom stereocenters. The van der Waals surface area contributed by atoms with Crippen molar-refractivity contribution in [2.75, 3.05) is 44.8 Å². The molecule has 3 atom stereocenters. The summed E-state index contributed by atoms with van der Waals surface area (Å²) in [6, 6.07) is 5.40. The number of anilines is 1. The molecule has 0 amide bonds. The van der Waals surface area contributed by atoms with Crippen LogP contribution in [-0.2, 0) is 6.42 Å². The molecule has 0 saturated carbocycles. The summed E-state index contributed by atoms with van der Waals surface area (Å²) in [5, 5.41) is 13.4. The fourth-order valence-electron chi connectivity index (χ4n) is 5.81. The Bertz CT molecular complexity index is 1280. The molecule has 3 aromatic rings. The van der Waals surface area contributed by atoms with Crippen LogP contribution in [0.4, 0.5) is 27.6 Å². The van der Waals surface area contributed by atoms with E-state index in [1.54, 1.807) is 11.0 Å². The number of rotatable bonds is 9. The number of H-pyrrole nitrogens is 1. The van der Waals surface area contributed by atoms with Crippen LogP contribution in [0.5, 0.6) is 0 Å². The van der Waals surface area contributed by atoms with Gasteiger partial charge in [0.2, 0.25) is 0 Å². The van der Waals surface area contributed by atoms with E-state index in [9.17, 15) is 13.9 Å². The van der Waals surface area contributed by atoms with Crippen molar-refractivity contribution in [3.8, 4) is 0 Å². The highest BCUT2D eigenvalue weighted by molar-refractivity contribution is 5.85. The van der Waals surface area contributed by atoms with Crippen LogP contribution in [0, 0.1) is 17.5 Å². The molecule has 0 bridgehead atoms. The van der Waals surface area contributed by atoms with E-state index < -0.39 is 35.8 Å². The third-order valence-corrected chi connectivity index (χ3v) is 7.70. The van der Waals surface area contributed by atoms with Crippen LogP contribution in [0.15, 0.2) is 30.3 Å². The molecule has 3 N–H and O–H groups in total. The molecule has 2 aliphatic heterocycles. The fraction of sp³-hybridized carbons (Fsp3) is 0.500. The number of fused-ring (bicyclic) bond motifs is 3. The number of nitrogens with one attached hydrogen (secondary N) is 2. The van der Waals surface area contributed by atoms with E-state index >= 15 is 13.2 Å². The van der Waals surface area contributed by atoms with Crippen molar-refractivity contribution in [2.24, 2.45) is 0 Å². The van der Waals surface area contributed by atoms with Crippen LogP contribution in [-0.4, -0.2) is 77.1 Å². The van der Waals surface area contributed by atoms with Crippen LogP contribution in [0.3, 0.4) is 0 Å². The number of aliphatic hydroxyl groups excluding tert-OH is 1. The van der Waals surface area contributed by atoms with Gasteiger partial charge in [0, 0.05) is 60.1 Å². The van der Waals surface area contributed by atoms with Gasteiger partial charge >= 0.3 is 0 Å². The van der Waals surface area contributed by atoms with Crippen LogP contribution >= 0.6 is 0 Å². The standard InChI is InChI=1S/C28H33F5N4O/c1-16-8-21-20-9-17(30)4-5-24(20)35-26(21)27(37(16)14-28(2,33)15-38)25-22(31)10-18(11-23(25)32)34-19-12-36(13-19)7-3-6-29/h4-5,9-11,16,19,27,34-35,38H,3,6-8,12-15H2,1-2H3/t16-,27-,28-/m1/s1. The minimum absolute atomic E-state index is 0.00234. The summed E-state index contributed by atoms with van der Waals surface area (Å²) in [5.41, 5.74) is -0.0993. The highest BCUT2D eigenvalue weighted by Crippen LogP contribution is 2.43. The topological polar surface area (TPSA) is 54.5 Å². The van der Waals surface area contributed by atoms with Gasteiger partial charge in [-0.15, -0.1) is 0 Å². The Kier molecular flexibility index (Phi) is 7.41. The van der Waals surface area contributed by atoms with E-state index in [-0.39, 0.29) is 30.9 Å². The predicted octanol–water partition coefficient (Wildman–Crippen LogP) is 5.10. The minimum atomic E-state index is -2.01. The van der Waals surface area contributed by atoms with Gasteiger partial charge < -0.3 is 15.4 Å². The van der Waals surface area contributed by atoms with Gasteiger partial charge in [0.1, 0.15) is 23.1 Å². The monoisotopic (exact) mass is 536 g/mol. The second-order valence-electron chi connectivity index (χ2n) is 10.9. The molecule has 1 fully saturated rings. The van der Waals surface area contributed by atoms with E-state index in [1.165, 1.54) is 31.2 Å². The molecule has 0 spiro atoms. The lowest BCUT2D eigenvalue weighted by Gasteiger charge is -2.43. The maximum atomic E-state index is 15.8. The van der Waals surface area contributed by atoms with E-state index in [0.29, 0.717) is 54.8 Å². The first-order valence-electron chi connectivity index (χ1n) is 13.0. The zero-order chi connectivity index (χ0) is 27.2. The Labute approximate surface area is 218 Å². The lowest BCUT2D eigenvalue weighted by atomic mass is 9.87. The third kappa shape index (κ3) is 5.13. The van der Waals surface area contributed by atoms with Gasteiger partial charge in [-0.05, 0) is 62.6 Å². The lowest BCUT2D eigenvalue weighted by molar-refractivity contribution is 0.0162. The molecule has 1 saturated heterocycles. The van der Waals surface area contributed by atoms with E-state index in [4.69, 9.17) is 0 Å². The highest BCUT2D eigenvalue weighted by Gasteiger charge is 2.42. The molecule has 1 aromatic heterocycles. The van der Waals surface area contributed by atoms with Crippen molar-refractivity contribution in [3.05, 3.63) is 64.6 Å². The van der Waals surface area contributed by atoms with Crippen molar-refractivity contribution in [3.63, 3.8) is 0 Å².